The lowest BCUT2D eigenvalue weighted by atomic mass is 9.33. The van der Waals surface area contributed by atoms with Crippen LogP contribution < -0.4 is 0 Å². The Labute approximate surface area is 427 Å². The minimum Gasteiger partial charge on any atom is -0.479 e. The summed E-state index contributed by atoms with van der Waals surface area (Å²) in [5, 5.41) is 120. The second kappa shape index (κ2) is 20.2. The van der Waals surface area contributed by atoms with Crippen molar-refractivity contribution < 1.29 is 98.9 Å². The summed E-state index contributed by atoms with van der Waals surface area (Å²) in [7, 11) is 0. The van der Waals surface area contributed by atoms with Gasteiger partial charge in [-0.1, -0.05) is 66.2 Å². The van der Waals surface area contributed by atoms with E-state index in [2.05, 4.69) is 54.5 Å². The summed E-state index contributed by atoms with van der Waals surface area (Å²) < 4.78 is 42.5. The van der Waals surface area contributed by atoms with Gasteiger partial charge in [-0.15, -0.1) is 0 Å². The Morgan fingerprint density at radius 3 is 2.01 bits per heavy atom. The Morgan fingerprint density at radius 2 is 1.37 bits per heavy atom. The van der Waals surface area contributed by atoms with Gasteiger partial charge in [-0.3, -0.25) is 0 Å². The average Bonchev–Trinajstić information content (AvgIpc) is 3.31. The lowest BCUT2D eigenvalue weighted by Gasteiger charge is -2.72. The van der Waals surface area contributed by atoms with E-state index in [-0.39, 0.29) is 40.6 Å². The van der Waals surface area contributed by atoms with Gasteiger partial charge in [0.2, 0.25) is 0 Å². The number of hydrogen-bond donors (Lipinski definition) is 11. The largest absolute Gasteiger partial charge is 0.479 e. The van der Waals surface area contributed by atoms with E-state index in [1.165, 1.54) is 5.57 Å². The Bertz CT molecular complexity index is 2100. The van der Waals surface area contributed by atoms with Crippen molar-refractivity contribution in [1.82, 2.24) is 0 Å². The van der Waals surface area contributed by atoms with Gasteiger partial charge in [0.1, 0.15) is 67.1 Å². The van der Waals surface area contributed by atoms with Crippen molar-refractivity contribution in [3.63, 3.8) is 0 Å². The van der Waals surface area contributed by atoms with Crippen molar-refractivity contribution in [3.8, 4) is 0 Å². The molecule has 0 unspecified atom stereocenters. The van der Waals surface area contributed by atoms with E-state index in [0.29, 0.717) is 44.1 Å². The molecule has 0 amide bonds. The molecule has 25 atom stereocenters. The van der Waals surface area contributed by atoms with Crippen molar-refractivity contribution in [3.05, 3.63) is 23.3 Å². The number of carbonyl (C=O) groups is 2. The Hall–Kier alpha value is -2.22. The highest BCUT2D eigenvalue weighted by atomic mass is 16.7. The number of aliphatic hydroxyl groups is 10. The summed E-state index contributed by atoms with van der Waals surface area (Å²) in [6.45, 7) is 19.5. The molecule has 0 aromatic rings. The van der Waals surface area contributed by atoms with Gasteiger partial charge >= 0.3 is 11.9 Å². The molecule has 0 aromatic carbocycles. The molecule has 3 heterocycles. The van der Waals surface area contributed by atoms with Crippen molar-refractivity contribution >= 4 is 11.9 Å². The molecule has 5 aliphatic carbocycles. The van der Waals surface area contributed by atoms with E-state index in [1.807, 2.05) is 0 Å². The van der Waals surface area contributed by atoms with Crippen molar-refractivity contribution in [1.29, 1.82) is 0 Å². The maximum absolute atomic E-state index is 13.8. The Kier molecular flexibility index (Phi) is 15.8. The molecule has 7 fully saturated rings. The zero-order chi connectivity index (χ0) is 53.9. The molecule has 11 N–H and O–H groups in total. The second-order valence-corrected chi connectivity index (χ2v) is 25.1. The molecule has 0 spiro atoms. The predicted octanol–water partition coefficient (Wildman–Crippen LogP) is 1.19. The quantitative estimate of drug-likeness (QED) is 0.0599. The van der Waals surface area contributed by atoms with E-state index in [9.17, 15) is 65.8 Å². The molecule has 20 heteroatoms. The molecule has 3 saturated heterocycles. The van der Waals surface area contributed by atoms with E-state index in [1.54, 1.807) is 26.8 Å². The van der Waals surface area contributed by atoms with E-state index >= 15 is 0 Å². The lowest BCUT2D eigenvalue weighted by molar-refractivity contribution is -0.365. The molecule has 3 aliphatic heterocycles. The topological polar surface area (TPSA) is 321 Å². The zero-order valence-electron chi connectivity index (χ0n) is 43.9. The number of rotatable bonds is 11. The molecule has 8 aliphatic rings. The van der Waals surface area contributed by atoms with Gasteiger partial charge in [0.15, 0.2) is 25.0 Å². The number of fused-ring (bicyclic) bond motifs is 7. The molecule has 0 radical (unpaired) electrons. The molecule has 4 saturated carbocycles. The first kappa shape index (κ1) is 57.0. The highest BCUT2D eigenvalue weighted by molar-refractivity contribution is 5.87. The van der Waals surface area contributed by atoms with Gasteiger partial charge in [0.25, 0.3) is 0 Å². The average molecular weight is 1040 g/mol. The molecule has 8 rings (SSSR count). The van der Waals surface area contributed by atoms with Gasteiger partial charge in [-0.2, -0.15) is 0 Å². The summed E-state index contributed by atoms with van der Waals surface area (Å²) in [6.07, 6.45) is -18.1. The van der Waals surface area contributed by atoms with Crippen LogP contribution in [0.4, 0.5) is 0 Å². The zero-order valence-corrected chi connectivity index (χ0v) is 43.9. The molecular formula is C53H84O20. The van der Waals surface area contributed by atoms with E-state index in [4.69, 9.17) is 33.2 Å². The van der Waals surface area contributed by atoms with Gasteiger partial charge in [-0.25, -0.2) is 9.59 Å². The Balaban J connectivity index is 1.08. The first-order valence-electron chi connectivity index (χ1n) is 26.3. The van der Waals surface area contributed by atoms with Crippen molar-refractivity contribution in [2.24, 2.45) is 50.2 Å². The summed E-state index contributed by atoms with van der Waals surface area (Å²) in [6, 6.07) is 0. The summed E-state index contributed by atoms with van der Waals surface area (Å²) in [4.78, 5) is 26.2. The number of aliphatic carboxylic acids is 1. The van der Waals surface area contributed by atoms with Crippen LogP contribution in [0.2, 0.25) is 0 Å². The van der Waals surface area contributed by atoms with Crippen LogP contribution in [0.5, 0.6) is 0 Å². The monoisotopic (exact) mass is 1040 g/mol. The number of carboxylic acid groups (broad SMARTS) is 1. The van der Waals surface area contributed by atoms with E-state index in [0.717, 1.165) is 12.8 Å². The number of esters is 1. The Morgan fingerprint density at radius 1 is 0.726 bits per heavy atom. The highest BCUT2D eigenvalue weighted by Crippen LogP contribution is 2.76. The minimum absolute atomic E-state index is 0.0320. The van der Waals surface area contributed by atoms with Gasteiger partial charge < -0.3 is 89.3 Å². The lowest BCUT2D eigenvalue weighted by Crippen LogP contribution is -2.70. The van der Waals surface area contributed by atoms with Crippen LogP contribution >= 0.6 is 0 Å². The third-order valence-corrected chi connectivity index (χ3v) is 20.3. The SMILES string of the molecule is C/C=C(\C)C(=O)O[C@H]1CC(C)(C)C[C@H]2C3=CC[C@@H]4[C@@]5(C)CC[C@H](O[C@@H]6O[C@H](C(=O)O)[C@@H](O)[C@H](O[C@@H]7O[C@H](CO)[C@@H](O)[C@H](O)[C@H]7O)[C@H]6O)C(C)(C)[C@@H]5CC[C@@]4(C)[C@]3(C)C[C@H](O)[C@@]12CO[C@@H]1O[C@H](C)[C@H](O)[C@H](O)[C@H]1O. The van der Waals surface area contributed by atoms with Gasteiger partial charge in [0.05, 0.1) is 36.9 Å². The van der Waals surface area contributed by atoms with Crippen molar-refractivity contribution in [2.45, 2.75) is 231 Å². The number of carboxylic acids is 1. The fourth-order valence-corrected chi connectivity index (χ4v) is 15.8. The maximum atomic E-state index is 13.8. The smallest absolute Gasteiger partial charge is 0.335 e. The maximum Gasteiger partial charge on any atom is 0.335 e. The molecule has 416 valence electrons. The van der Waals surface area contributed by atoms with Crippen LogP contribution in [0, 0.1) is 50.2 Å². The molecular weight excluding hydrogens is 957 g/mol. The standard InChI is InChI=1S/C53H84O20/c1-11-23(2)44(66)70-32-20-48(4,5)18-26-25-12-13-29-50(8)16-15-31(71-47-40(63)41(39(62)42(73-47)43(64)65)72-46-38(61)36(59)34(57)27(21-54)69-46)49(6,7)28(50)14-17-51(29,9)52(25,10)19-30(55)53(26,32)22-67-45-37(60)35(58)33(56)24(3)68-45/h11-12,24,26-42,45-47,54-63H,13-22H2,1-10H3,(H,64,65)/b23-11+/t24-,26+,27-,28+,29-,30+,31+,32+,33+,34-,35+,36+,37-,38-,39+,40-,41+,42+,45-,46+,47-,50+,51-,52-,53+/m1/s1. The minimum atomic E-state index is -1.99. The van der Waals surface area contributed by atoms with Crippen LogP contribution in [0.1, 0.15) is 121 Å². The number of aliphatic hydroxyl groups excluding tert-OH is 10. The molecule has 0 aromatic heterocycles. The third-order valence-electron chi connectivity index (χ3n) is 20.3. The van der Waals surface area contributed by atoms with Crippen LogP contribution in [0.3, 0.4) is 0 Å². The van der Waals surface area contributed by atoms with E-state index < -0.39 is 145 Å². The predicted molar refractivity (Wildman–Crippen MR) is 255 cm³/mol. The highest BCUT2D eigenvalue weighted by Gasteiger charge is 2.72. The first-order chi connectivity index (χ1) is 33.9. The number of carbonyl (C=O) groups excluding carboxylic acids is 1. The molecule has 0 bridgehead atoms. The fourth-order valence-electron chi connectivity index (χ4n) is 15.8. The number of allylic oxidation sites excluding steroid dienone is 3. The summed E-state index contributed by atoms with van der Waals surface area (Å²) in [5.41, 5.74) is -1.79. The summed E-state index contributed by atoms with van der Waals surface area (Å²) in [5.74, 6) is -2.30. The first-order valence-corrected chi connectivity index (χ1v) is 26.3. The van der Waals surface area contributed by atoms with Crippen LogP contribution in [0.15, 0.2) is 23.3 Å². The fraction of sp³-hybridized carbons (Fsp3) is 0.887. The van der Waals surface area contributed by atoms with Crippen molar-refractivity contribution in [2.75, 3.05) is 13.2 Å². The molecule has 73 heavy (non-hydrogen) atoms. The van der Waals surface area contributed by atoms with Gasteiger partial charge in [-0.05, 0) is 117 Å². The summed E-state index contributed by atoms with van der Waals surface area (Å²) >= 11 is 0. The van der Waals surface area contributed by atoms with Crippen LogP contribution in [-0.2, 0) is 42.7 Å². The van der Waals surface area contributed by atoms with Crippen LogP contribution in [-0.4, -0.2) is 192 Å². The second-order valence-electron chi connectivity index (χ2n) is 25.1. The number of hydrogen-bond acceptors (Lipinski definition) is 19. The normalized spacial score (nSPS) is 51.6. The third kappa shape index (κ3) is 9.19. The molecule has 20 nitrogen and oxygen atoms in total. The number of ether oxygens (including phenoxy) is 7. The van der Waals surface area contributed by atoms with Gasteiger partial charge in [0, 0.05) is 5.57 Å². The van der Waals surface area contributed by atoms with Crippen LogP contribution in [0.25, 0.3) is 0 Å².